The highest BCUT2D eigenvalue weighted by Crippen LogP contribution is 2.06. The lowest BCUT2D eigenvalue weighted by Crippen LogP contribution is -2.47. The van der Waals surface area contributed by atoms with E-state index in [9.17, 15) is 4.79 Å². The SMILES string of the molecule is COCC(C)(C)NC(=O)c1cncc(Cl)n1. The minimum Gasteiger partial charge on any atom is -0.382 e. The van der Waals surface area contributed by atoms with Gasteiger partial charge in [-0.2, -0.15) is 0 Å². The quantitative estimate of drug-likeness (QED) is 0.866. The normalized spacial score (nSPS) is 11.2. The van der Waals surface area contributed by atoms with Crippen LogP contribution in [0.4, 0.5) is 0 Å². The number of nitrogens with one attached hydrogen (secondary N) is 1. The molecule has 88 valence electrons. The molecular formula is C10H14ClN3O2. The van der Waals surface area contributed by atoms with E-state index in [-0.39, 0.29) is 16.8 Å². The molecule has 1 N–H and O–H groups in total. The molecule has 5 nitrogen and oxygen atoms in total. The van der Waals surface area contributed by atoms with Crippen LogP contribution in [0, 0.1) is 0 Å². The zero-order valence-corrected chi connectivity index (χ0v) is 10.2. The van der Waals surface area contributed by atoms with Gasteiger partial charge in [0.1, 0.15) is 10.8 Å². The molecule has 1 aromatic rings. The van der Waals surface area contributed by atoms with Crippen LogP contribution < -0.4 is 5.32 Å². The van der Waals surface area contributed by atoms with Crippen molar-refractivity contribution in [3.63, 3.8) is 0 Å². The molecule has 0 aliphatic rings. The first kappa shape index (κ1) is 12.9. The number of aromatic nitrogens is 2. The molecule has 0 unspecified atom stereocenters. The highest BCUT2D eigenvalue weighted by atomic mass is 35.5. The second kappa shape index (κ2) is 5.23. The topological polar surface area (TPSA) is 64.1 Å². The Morgan fingerprint density at radius 3 is 2.81 bits per heavy atom. The minimum atomic E-state index is -0.462. The largest absolute Gasteiger partial charge is 0.382 e. The van der Waals surface area contributed by atoms with Gasteiger partial charge in [0, 0.05) is 7.11 Å². The lowest BCUT2D eigenvalue weighted by atomic mass is 10.1. The van der Waals surface area contributed by atoms with Crippen LogP contribution in [0.2, 0.25) is 5.15 Å². The van der Waals surface area contributed by atoms with E-state index in [1.54, 1.807) is 7.11 Å². The Hall–Kier alpha value is -1.20. The van der Waals surface area contributed by atoms with E-state index >= 15 is 0 Å². The number of nitrogens with zero attached hydrogens (tertiary/aromatic N) is 2. The van der Waals surface area contributed by atoms with Crippen LogP contribution in [0.15, 0.2) is 12.4 Å². The number of carbonyl (C=O) groups is 1. The maximum atomic E-state index is 11.8. The number of methoxy groups -OCH3 is 1. The molecule has 6 heteroatoms. The summed E-state index contributed by atoms with van der Waals surface area (Å²) in [6, 6.07) is 0. The van der Waals surface area contributed by atoms with Gasteiger partial charge in [0.2, 0.25) is 0 Å². The molecule has 0 saturated carbocycles. The molecule has 0 aromatic carbocycles. The van der Waals surface area contributed by atoms with Crippen LogP contribution in [-0.4, -0.2) is 35.1 Å². The maximum Gasteiger partial charge on any atom is 0.272 e. The van der Waals surface area contributed by atoms with Crippen molar-refractivity contribution < 1.29 is 9.53 Å². The number of halogens is 1. The number of ether oxygens (including phenoxy) is 1. The predicted molar refractivity (Wildman–Crippen MR) is 60.5 cm³/mol. The van der Waals surface area contributed by atoms with Crippen LogP contribution in [0.5, 0.6) is 0 Å². The van der Waals surface area contributed by atoms with Crippen molar-refractivity contribution in [3.05, 3.63) is 23.2 Å². The minimum absolute atomic E-state index is 0.191. The first-order chi connectivity index (χ1) is 7.44. The second-order valence-electron chi connectivity index (χ2n) is 4.00. The molecule has 0 radical (unpaired) electrons. The highest BCUT2D eigenvalue weighted by molar-refractivity contribution is 6.29. The summed E-state index contributed by atoms with van der Waals surface area (Å²) in [5, 5.41) is 2.97. The molecule has 1 amide bonds. The molecule has 0 atom stereocenters. The molecule has 16 heavy (non-hydrogen) atoms. The van der Waals surface area contributed by atoms with Crippen LogP contribution in [-0.2, 0) is 4.74 Å². The van der Waals surface area contributed by atoms with Gasteiger partial charge in [-0.3, -0.25) is 9.78 Å². The maximum absolute atomic E-state index is 11.8. The van der Waals surface area contributed by atoms with Crippen molar-refractivity contribution in [3.8, 4) is 0 Å². The van der Waals surface area contributed by atoms with Gasteiger partial charge in [-0.15, -0.1) is 0 Å². The van der Waals surface area contributed by atoms with Crippen molar-refractivity contribution in [1.82, 2.24) is 15.3 Å². The zero-order valence-electron chi connectivity index (χ0n) is 9.45. The van der Waals surface area contributed by atoms with Crippen molar-refractivity contribution in [2.24, 2.45) is 0 Å². The van der Waals surface area contributed by atoms with Crippen molar-refractivity contribution in [1.29, 1.82) is 0 Å². The monoisotopic (exact) mass is 243 g/mol. The Balaban J connectivity index is 2.72. The molecule has 1 heterocycles. The highest BCUT2D eigenvalue weighted by Gasteiger charge is 2.21. The number of carbonyl (C=O) groups excluding carboxylic acids is 1. The summed E-state index contributed by atoms with van der Waals surface area (Å²) < 4.78 is 4.99. The van der Waals surface area contributed by atoms with Gasteiger partial charge in [0.15, 0.2) is 0 Å². The Kier molecular flexibility index (Phi) is 4.20. The standard InChI is InChI=1S/C10H14ClN3O2/c1-10(2,6-16-3)14-9(15)7-4-12-5-8(11)13-7/h4-5H,6H2,1-3H3,(H,14,15). The Labute approximate surface area is 99.2 Å². The third-order valence-electron chi connectivity index (χ3n) is 1.79. The Morgan fingerprint density at radius 2 is 2.25 bits per heavy atom. The fraction of sp³-hybridized carbons (Fsp3) is 0.500. The molecule has 0 spiro atoms. The van der Waals surface area contributed by atoms with Crippen LogP contribution in [0.3, 0.4) is 0 Å². The van der Waals surface area contributed by atoms with Gasteiger partial charge in [-0.25, -0.2) is 4.98 Å². The van der Waals surface area contributed by atoms with E-state index in [4.69, 9.17) is 16.3 Å². The summed E-state index contributed by atoms with van der Waals surface area (Å²) in [7, 11) is 1.58. The smallest absolute Gasteiger partial charge is 0.272 e. The molecule has 0 saturated heterocycles. The van der Waals surface area contributed by atoms with Gasteiger partial charge in [-0.05, 0) is 13.8 Å². The lowest BCUT2D eigenvalue weighted by Gasteiger charge is -2.24. The van der Waals surface area contributed by atoms with Gasteiger partial charge in [0.25, 0.3) is 5.91 Å². The number of amides is 1. The van der Waals surface area contributed by atoms with Gasteiger partial charge < -0.3 is 10.1 Å². The van der Waals surface area contributed by atoms with E-state index in [1.807, 2.05) is 13.8 Å². The Morgan fingerprint density at radius 1 is 1.56 bits per heavy atom. The molecule has 0 bridgehead atoms. The molecule has 0 aliphatic carbocycles. The molecule has 1 aromatic heterocycles. The number of hydrogen-bond donors (Lipinski definition) is 1. The lowest BCUT2D eigenvalue weighted by molar-refractivity contribution is 0.0815. The third kappa shape index (κ3) is 3.75. The first-order valence-corrected chi connectivity index (χ1v) is 5.11. The Bertz CT molecular complexity index is 382. The summed E-state index contributed by atoms with van der Waals surface area (Å²) in [5.41, 5.74) is -0.271. The van der Waals surface area contributed by atoms with E-state index in [0.717, 1.165) is 0 Å². The van der Waals surface area contributed by atoms with Crippen LogP contribution >= 0.6 is 11.6 Å². The molecule has 0 fully saturated rings. The fourth-order valence-electron chi connectivity index (χ4n) is 1.22. The van der Waals surface area contributed by atoms with Crippen LogP contribution in [0.1, 0.15) is 24.3 Å². The van der Waals surface area contributed by atoms with Crippen molar-refractivity contribution in [2.75, 3.05) is 13.7 Å². The van der Waals surface area contributed by atoms with Crippen LogP contribution in [0.25, 0.3) is 0 Å². The molecule has 0 aliphatic heterocycles. The molecular weight excluding hydrogens is 230 g/mol. The van der Waals surface area contributed by atoms with E-state index < -0.39 is 5.54 Å². The van der Waals surface area contributed by atoms with Crippen molar-refractivity contribution >= 4 is 17.5 Å². The molecule has 1 rings (SSSR count). The van der Waals surface area contributed by atoms with Crippen molar-refractivity contribution in [2.45, 2.75) is 19.4 Å². The predicted octanol–water partition coefficient (Wildman–Crippen LogP) is 1.28. The summed E-state index contributed by atoms with van der Waals surface area (Å²) in [6.45, 7) is 4.12. The zero-order chi connectivity index (χ0) is 12.2. The summed E-state index contributed by atoms with van der Waals surface area (Å²) in [5.74, 6) is -0.322. The van der Waals surface area contributed by atoms with E-state index in [1.165, 1.54) is 12.4 Å². The first-order valence-electron chi connectivity index (χ1n) is 4.73. The number of rotatable bonds is 4. The van der Waals surface area contributed by atoms with E-state index in [0.29, 0.717) is 6.61 Å². The summed E-state index contributed by atoms with van der Waals surface area (Å²) in [4.78, 5) is 19.4. The average Bonchev–Trinajstić information content (AvgIpc) is 2.16. The second-order valence-corrected chi connectivity index (χ2v) is 4.39. The van der Waals surface area contributed by atoms with Gasteiger partial charge >= 0.3 is 0 Å². The van der Waals surface area contributed by atoms with E-state index in [2.05, 4.69) is 15.3 Å². The van der Waals surface area contributed by atoms with Gasteiger partial charge in [0.05, 0.1) is 24.5 Å². The summed E-state index contributed by atoms with van der Waals surface area (Å²) in [6.07, 6.45) is 2.74. The average molecular weight is 244 g/mol. The van der Waals surface area contributed by atoms with Gasteiger partial charge in [-0.1, -0.05) is 11.6 Å². The fourth-order valence-corrected chi connectivity index (χ4v) is 1.37. The third-order valence-corrected chi connectivity index (χ3v) is 1.98. The summed E-state index contributed by atoms with van der Waals surface area (Å²) >= 11 is 5.64. The number of hydrogen-bond acceptors (Lipinski definition) is 4.